The molecule has 3 nitrogen and oxygen atoms in total. The third-order valence-corrected chi connectivity index (χ3v) is 1.42. The van der Waals surface area contributed by atoms with Crippen LogP contribution in [0.3, 0.4) is 0 Å². The zero-order valence-electron chi connectivity index (χ0n) is 7.11. The predicted molar refractivity (Wildman–Crippen MR) is 51.6 cm³/mol. The standard InChI is InChI=1S/C7H5Cl2F3N2O/c1-3(8)14-5(7(10,11)12)4(2-13)6(9)15/h2H,1,13H2/b4-2+,14-5+. The minimum absolute atomic E-state index is 0.404. The summed E-state index contributed by atoms with van der Waals surface area (Å²) in [4.78, 5) is 13.5. The van der Waals surface area contributed by atoms with Crippen molar-refractivity contribution in [3.63, 3.8) is 0 Å². The topological polar surface area (TPSA) is 55.4 Å². The predicted octanol–water partition coefficient (Wildman–Crippen LogP) is 2.31. The summed E-state index contributed by atoms with van der Waals surface area (Å²) in [6.45, 7) is 2.94. The average molecular weight is 261 g/mol. The van der Waals surface area contributed by atoms with E-state index in [1.54, 1.807) is 0 Å². The number of nitrogens with two attached hydrogens (primary N) is 1. The highest BCUT2D eigenvalue weighted by Gasteiger charge is 2.40. The number of carbonyl (C=O) groups excluding carboxylic acids is 1. The van der Waals surface area contributed by atoms with Crippen LogP contribution in [0.15, 0.2) is 28.5 Å². The molecule has 0 saturated carbocycles. The first kappa shape index (κ1) is 14.0. The van der Waals surface area contributed by atoms with Gasteiger partial charge in [0.05, 0.1) is 5.57 Å². The lowest BCUT2D eigenvalue weighted by atomic mass is 10.2. The fraction of sp³-hybridized carbons (Fsp3) is 0.143. The molecule has 0 spiro atoms. The number of allylic oxidation sites excluding steroid dienone is 1. The first-order valence-corrected chi connectivity index (χ1v) is 4.08. The number of rotatable bonds is 3. The molecule has 0 aromatic rings. The molecule has 0 aliphatic rings. The van der Waals surface area contributed by atoms with Gasteiger partial charge in [0.25, 0.3) is 5.24 Å². The van der Waals surface area contributed by atoms with E-state index >= 15 is 0 Å². The molecule has 0 amide bonds. The van der Waals surface area contributed by atoms with Crippen molar-refractivity contribution in [3.8, 4) is 0 Å². The molecular weight excluding hydrogens is 256 g/mol. The Bertz CT molecular complexity index is 347. The molecule has 0 aliphatic carbocycles. The summed E-state index contributed by atoms with van der Waals surface area (Å²) >= 11 is 9.97. The fourth-order valence-electron chi connectivity index (χ4n) is 0.635. The lowest BCUT2D eigenvalue weighted by Crippen LogP contribution is -2.28. The molecule has 15 heavy (non-hydrogen) atoms. The SMILES string of the molecule is C=C(Cl)/N=C(\C(=C/N)C(=O)Cl)C(F)(F)F. The Balaban J connectivity index is 5.51. The highest BCUT2D eigenvalue weighted by atomic mass is 35.5. The molecular formula is C7H5Cl2F3N2O. The van der Waals surface area contributed by atoms with Gasteiger partial charge in [-0.05, 0) is 11.6 Å². The molecule has 0 saturated heterocycles. The number of hydrogen-bond acceptors (Lipinski definition) is 3. The molecule has 0 heterocycles. The third-order valence-electron chi connectivity index (χ3n) is 1.14. The Morgan fingerprint density at radius 3 is 2.07 bits per heavy atom. The van der Waals surface area contributed by atoms with E-state index in [0.29, 0.717) is 6.20 Å². The van der Waals surface area contributed by atoms with Crippen LogP contribution in [0, 0.1) is 0 Å². The smallest absolute Gasteiger partial charge is 0.404 e. The lowest BCUT2D eigenvalue weighted by molar-refractivity contribution is -0.108. The zero-order valence-corrected chi connectivity index (χ0v) is 8.62. The van der Waals surface area contributed by atoms with Crippen LogP contribution in [-0.4, -0.2) is 17.1 Å². The second kappa shape index (κ2) is 5.18. The quantitative estimate of drug-likeness (QED) is 0.367. The maximum Gasteiger partial charge on any atom is 0.434 e. The van der Waals surface area contributed by atoms with Crippen LogP contribution in [0.1, 0.15) is 0 Å². The van der Waals surface area contributed by atoms with Crippen molar-refractivity contribution in [1.82, 2.24) is 0 Å². The molecule has 84 valence electrons. The van der Waals surface area contributed by atoms with E-state index in [4.69, 9.17) is 28.9 Å². The Kier molecular flexibility index (Phi) is 4.83. The van der Waals surface area contributed by atoms with Gasteiger partial charge in [-0.15, -0.1) is 0 Å². The van der Waals surface area contributed by atoms with E-state index in [-0.39, 0.29) is 0 Å². The largest absolute Gasteiger partial charge is 0.434 e. The van der Waals surface area contributed by atoms with Crippen molar-refractivity contribution in [1.29, 1.82) is 0 Å². The molecule has 0 aliphatic heterocycles. The number of halogens is 5. The van der Waals surface area contributed by atoms with E-state index in [1.165, 1.54) is 0 Å². The minimum atomic E-state index is -4.90. The number of carbonyl (C=O) groups is 1. The third kappa shape index (κ3) is 4.35. The van der Waals surface area contributed by atoms with Gasteiger partial charge in [-0.3, -0.25) is 4.79 Å². The fourth-order valence-corrected chi connectivity index (χ4v) is 0.872. The van der Waals surface area contributed by atoms with Crippen LogP contribution < -0.4 is 5.73 Å². The summed E-state index contributed by atoms with van der Waals surface area (Å²) in [6.07, 6.45) is -4.49. The highest BCUT2D eigenvalue weighted by molar-refractivity contribution is 6.71. The zero-order chi connectivity index (χ0) is 12.2. The van der Waals surface area contributed by atoms with Gasteiger partial charge in [-0.2, -0.15) is 13.2 Å². The van der Waals surface area contributed by atoms with Gasteiger partial charge >= 0.3 is 6.18 Å². The molecule has 0 aromatic heterocycles. The van der Waals surface area contributed by atoms with Gasteiger partial charge in [0, 0.05) is 6.20 Å². The maximum absolute atomic E-state index is 12.3. The van der Waals surface area contributed by atoms with Gasteiger partial charge < -0.3 is 5.73 Å². The van der Waals surface area contributed by atoms with E-state index in [1.807, 2.05) is 0 Å². The van der Waals surface area contributed by atoms with Crippen LogP contribution in [0.4, 0.5) is 13.2 Å². The molecule has 0 aromatic carbocycles. The van der Waals surface area contributed by atoms with E-state index in [2.05, 4.69) is 11.6 Å². The number of nitrogens with zero attached hydrogens (tertiary/aromatic N) is 1. The first-order chi connectivity index (χ1) is 6.70. The Labute approximate surface area is 93.0 Å². The molecule has 0 fully saturated rings. The van der Waals surface area contributed by atoms with Gasteiger partial charge in [0.15, 0.2) is 5.71 Å². The molecule has 0 bridgehead atoms. The second-order valence-electron chi connectivity index (χ2n) is 2.19. The maximum atomic E-state index is 12.3. The molecule has 0 radical (unpaired) electrons. The number of hydrogen-bond donors (Lipinski definition) is 1. The summed E-state index contributed by atoms with van der Waals surface area (Å²) in [5.41, 5.74) is 2.27. The van der Waals surface area contributed by atoms with Crippen LogP contribution in [-0.2, 0) is 4.79 Å². The molecule has 8 heteroatoms. The van der Waals surface area contributed by atoms with Crippen LogP contribution in [0.5, 0.6) is 0 Å². The van der Waals surface area contributed by atoms with E-state index in [9.17, 15) is 18.0 Å². The lowest BCUT2D eigenvalue weighted by Gasteiger charge is -2.10. The van der Waals surface area contributed by atoms with Crippen molar-refractivity contribution in [2.75, 3.05) is 0 Å². The normalized spacial score (nSPS) is 13.9. The van der Waals surface area contributed by atoms with Gasteiger partial charge in [0.1, 0.15) is 5.16 Å². The number of alkyl halides is 3. The minimum Gasteiger partial charge on any atom is -0.404 e. The van der Waals surface area contributed by atoms with Crippen LogP contribution in [0.2, 0.25) is 0 Å². The summed E-state index contributed by atoms with van der Waals surface area (Å²) < 4.78 is 37.0. The Morgan fingerprint density at radius 1 is 1.40 bits per heavy atom. The van der Waals surface area contributed by atoms with E-state index < -0.39 is 27.9 Å². The van der Waals surface area contributed by atoms with Gasteiger partial charge in [0.2, 0.25) is 0 Å². The van der Waals surface area contributed by atoms with Crippen molar-refractivity contribution in [2.24, 2.45) is 10.7 Å². The highest BCUT2D eigenvalue weighted by Crippen LogP contribution is 2.24. The molecule has 0 unspecified atom stereocenters. The van der Waals surface area contributed by atoms with Crippen LogP contribution >= 0.6 is 23.2 Å². The molecule has 0 rings (SSSR count). The first-order valence-electron chi connectivity index (χ1n) is 3.32. The van der Waals surface area contributed by atoms with Crippen molar-refractivity contribution < 1.29 is 18.0 Å². The summed E-state index contributed by atoms with van der Waals surface area (Å²) in [5, 5.41) is -2.02. The van der Waals surface area contributed by atoms with Crippen LogP contribution in [0.25, 0.3) is 0 Å². The molecule has 0 atom stereocenters. The Hall–Kier alpha value is -1.01. The second-order valence-corrected chi connectivity index (χ2v) is 2.97. The van der Waals surface area contributed by atoms with E-state index in [0.717, 1.165) is 0 Å². The summed E-state index contributed by atoms with van der Waals surface area (Å²) in [7, 11) is 0. The Morgan fingerprint density at radius 2 is 1.87 bits per heavy atom. The average Bonchev–Trinajstić information content (AvgIpc) is 2.00. The monoisotopic (exact) mass is 260 g/mol. The molecule has 2 N–H and O–H groups in total. The van der Waals surface area contributed by atoms with Crippen molar-refractivity contribution in [2.45, 2.75) is 6.18 Å². The van der Waals surface area contributed by atoms with Crippen molar-refractivity contribution in [3.05, 3.63) is 23.5 Å². The van der Waals surface area contributed by atoms with Gasteiger partial charge in [-0.25, -0.2) is 4.99 Å². The van der Waals surface area contributed by atoms with Gasteiger partial charge in [-0.1, -0.05) is 18.2 Å². The number of aliphatic imine (C=N–C) groups is 1. The van der Waals surface area contributed by atoms with Crippen molar-refractivity contribution >= 4 is 34.2 Å². The summed E-state index contributed by atoms with van der Waals surface area (Å²) in [5.74, 6) is 0. The summed E-state index contributed by atoms with van der Waals surface area (Å²) in [6, 6.07) is 0.